The molecule has 0 radical (unpaired) electrons. The van der Waals surface area contributed by atoms with E-state index >= 15 is 0 Å². The Morgan fingerprint density at radius 2 is 1.95 bits per heavy atom. The number of hydrogen-bond acceptors (Lipinski definition) is 4. The number of nitrogens with two attached hydrogens (primary N) is 2. The third kappa shape index (κ3) is 3.00. The summed E-state index contributed by atoms with van der Waals surface area (Å²) in [5, 5.41) is 0. The molecule has 6 heteroatoms. The molecule has 114 valence electrons. The molecule has 1 heterocycles. The molecule has 2 atom stereocenters. The Kier molecular flexibility index (Phi) is 3.91. The minimum absolute atomic E-state index is 0.0783. The molecule has 0 spiro atoms. The highest BCUT2D eigenvalue weighted by Gasteiger charge is 2.37. The van der Waals surface area contributed by atoms with Crippen molar-refractivity contribution in [2.75, 3.05) is 11.4 Å². The first-order valence-electron chi connectivity index (χ1n) is 6.84. The van der Waals surface area contributed by atoms with Gasteiger partial charge >= 0.3 is 0 Å². The van der Waals surface area contributed by atoms with E-state index in [2.05, 4.69) is 0 Å². The van der Waals surface area contributed by atoms with E-state index in [4.69, 9.17) is 16.2 Å². The molecule has 0 bridgehead atoms. The van der Waals surface area contributed by atoms with Crippen molar-refractivity contribution >= 4 is 17.5 Å². The van der Waals surface area contributed by atoms with Gasteiger partial charge in [0.2, 0.25) is 5.91 Å². The van der Waals surface area contributed by atoms with Gasteiger partial charge in [-0.15, -0.1) is 0 Å². The first kappa shape index (κ1) is 15.3. The van der Waals surface area contributed by atoms with Crippen LogP contribution in [-0.2, 0) is 9.59 Å². The number of nitrogens with zero attached hydrogens (tertiary/aromatic N) is 1. The number of hydrogen-bond donors (Lipinski definition) is 2. The van der Waals surface area contributed by atoms with Crippen molar-refractivity contribution in [3.63, 3.8) is 0 Å². The molecule has 0 fully saturated rings. The van der Waals surface area contributed by atoms with Gasteiger partial charge in [0.05, 0.1) is 18.3 Å². The van der Waals surface area contributed by atoms with Gasteiger partial charge in [0.25, 0.3) is 5.91 Å². The minimum atomic E-state index is -0.865. The quantitative estimate of drug-likeness (QED) is 0.835. The van der Waals surface area contributed by atoms with E-state index in [1.807, 2.05) is 20.8 Å². The normalized spacial score (nSPS) is 19.4. The first-order valence-corrected chi connectivity index (χ1v) is 6.84. The summed E-state index contributed by atoms with van der Waals surface area (Å²) in [7, 11) is 0. The Hall–Kier alpha value is -2.08. The summed E-state index contributed by atoms with van der Waals surface area (Å²) < 4.78 is 5.53. The molecule has 0 saturated heterocycles. The summed E-state index contributed by atoms with van der Waals surface area (Å²) in [5.41, 5.74) is 11.6. The Morgan fingerprint density at radius 3 is 2.52 bits per heavy atom. The van der Waals surface area contributed by atoms with Crippen LogP contribution in [0, 0.1) is 5.41 Å². The number of para-hydroxylation sites is 2. The van der Waals surface area contributed by atoms with Gasteiger partial charge in [-0.3, -0.25) is 9.59 Å². The van der Waals surface area contributed by atoms with Crippen LogP contribution < -0.4 is 21.1 Å². The third-order valence-corrected chi connectivity index (χ3v) is 3.56. The molecule has 1 aliphatic rings. The molecule has 2 rings (SSSR count). The van der Waals surface area contributed by atoms with Crippen LogP contribution in [-0.4, -0.2) is 30.5 Å². The predicted molar refractivity (Wildman–Crippen MR) is 79.8 cm³/mol. The molecule has 6 nitrogen and oxygen atoms in total. The predicted octanol–water partition coefficient (Wildman–Crippen LogP) is 0.639. The molecule has 4 N–H and O–H groups in total. The smallest absolute Gasteiger partial charge is 0.260 e. The van der Waals surface area contributed by atoms with Gasteiger partial charge in [-0.25, -0.2) is 0 Å². The van der Waals surface area contributed by atoms with Crippen molar-refractivity contribution in [2.45, 2.75) is 32.9 Å². The van der Waals surface area contributed by atoms with Crippen molar-refractivity contribution in [1.82, 2.24) is 0 Å². The summed E-state index contributed by atoms with van der Waals surface area (Å²) >= 11 is 0. The summed E-state index contributed by atoms with van der Waals surface area (Å²) in [6.45, 7) is 5.77. The van der Waals surface area contributed by atoms with E-state index in [-0.39, 0.29) is 17.9 Å². The number of carbonyl (C=O) groups excluding carboxylic acids is 2. The second kappa shape index (κ2) is 5.37. The molecular formula is C15H21N3O3. The van der Waals surface area contributed by atoms with Gasteiger partial charge in [0, 0.05) is 0 Å². The number of ether oxygens (including phenoxy) is 1. The zero-order chi connectivity index (χ0) is 15.8. The summed E-state index contributed by atoms with van der Waals surface area (Å²) in [6.07, 6.45) is -0.865. The van der Waals surface area contributed by atoms with Crippen molar-refractivity contribution in [1.29, 1.82) is 0 Å². The van der Waals surface area contributed by atoms with Crippen LogP contribution in [0.25, 0.3) is 0 Å². The van der Waals surface area contributed by atoms with Gasteiger partial charge in [0.1, 0.15) is 5.75 Å². The molecule has 1 aromatic carbocycles. The van der Waals surface area contributed by atoms with Crippen LogP contribution in [0.4, 0.5) is 5.69 Å². The van der Waals surface area contributed by atoms with E-state index in [0.717, 1.165) is 0 Å². The van der Waals surface area contributed by atoms with Crippen molar-refractivity contribution in [2.24, 2.45) is 16.9 Å². The average Bonchev–Trinajstić information content (AvgIpc) is 2.43. The highest BCUT2D eigenvalue weighted by molar-refractivity contribution is 6.00. The van der Waals surface area contributed by atoms with E-state index in [1.165, 1.54) is 4.90 Å². The zero-order valence-electron chi connectivity index (χ0n) is 12.5. The second-order valence-electron chi connectivity index (χ2n) is 6.27. The largest absolute Gasteiger partial charge is 0.477 e. The Bertz CT molecular complexity index is 566. The number of primary amides is 1. The summed E-state index contributed by atoms with van der Waals surface area (Å²) in [4.78, 5) is 25.6. The van der Waals surface area contributed by atoms with Crippen LogP contribution in [0.1, 0.15) is 20.8 Å². The minimum Gasteiger partial charge on any atom is -0.477 e. The SMILES string of the molecule is CC(C)(C)[C@H](N)C(=O)N1CC(C(N)=O)Oc2ccccc21. The fraction of sp³-hybridized carbons (Fsp3) is 0.467. The van der Waals surface area contributed by atoms with E-state index in [9.17, 15) is 9.59 Å². The third-order valence-electron chi connectivity index (χ3n) is 3.56. The van der Waals surface area contributed by atoms with Crippen LogP contribution in [0.3, 0.4) is 0 Å². The second-order valence-corrected chi connectivity index (χ2v) is 6.27. The monoisotopic (exact) mass is 291 g/mol. The average molecular weight is 291 g/mol. The highest BCUT2D eigenvalue weighted by Crippen LogP contribution is 2.34. The highest BCUT2D eigenvalue weighted by atomic mass is 16.5. The van der Waals surface area contributed by atoms with Crippen LogP contribution in [0.5, 0.6) is 5.75 Å². The number of benzene rings is 1. The number of fused-ring (bicyclic) bond motifs is 1. The Morgan fingerprint density at radius 1 is 1.33 bits per heavy atom. The van der Waals surface area contributed by atoms with E-state index < -0.39 is 18.1 Å². The van der Waals surface area contributed by atoms with E-state index in [1.54, 1.807) is 24.3 Å². The maximum Gasteiger partial charge on any atom is 0.260 e. The van der Waals surface area contributed by atoms with Crippen molar-refractivity contribution in [3.05, 3.63) is 24.3 Å². The van der Waals surface area contributed by atoms with Crippen molar-refractivity contribution < 1.29 is 14.3 Å². The van der Waals surface area contributed by atoms with Gasteiger partial charge in [0.15, 0.2) is 6.10 Å². The van der Waals surface area contributed by atoms with Crippen LogP contribution >= 0.6 is 0 Å². The lowest BCUT2D eigenvalue weighted by Gasteiger charge is -2.37. The first-order chi connectivity index (χ1) is 9.71. The van der Waals surface area contributed by atoms with Gasteiger partial charge in [-0.05, 0) is 17.5 Å². The maximum atomic E-state index is 12.7. The topological polar surface area (TPSA) is 98.7 Å². The number of anilines is 1. The Labute approximate surface area is 124 Å². The molecule has 21 heavy (non-hydrogen) atoms. The molecule has 0 aliphatic carbocycles. The van der Waals surface area contributed by atoms with Gasteiger partial charge < -0.3 is 21.1 Å². The van der Waals surface area contributed by atoms with Crippen molar-refractivity contribution in [3.8, 4) is 5.75 Å². The Balaban J connectivity index is 2.38. The number of rotatable bonds is 2. The lowest BCUT2D eigenvalue weighted by molar-refractivity contribution is -0.126. The lowest BCUT2D eigenvalue weighted by atomic mass is 9.86. The van der Waals surface area contributed by atoms with E-state index in [0.29, 0.717) is 11.4 Å². The molecule has 0 aromatic heterocycles. The van der Waals surface area contributed by atoms with Crippen LogP contribution in [0.2, 0.25) is 0 Å². The standard InChI is InChI=1S/C15H21N3O3/c1-15(2,3)12(16)14(20)18-8-11(13(17)19)21-10-7-5-4-6-9(10)18/h4-7,11-12H,8,16H2,1-3H3,(H2,17,19)/t11?,12-/m1/s1. The molecular weight excluding hydrogens is 270 g/mol. The van der Waals surface area contributed by atoms with Crippen LogP contribution in [0.15, 0.2) is 24.3 Å². The molecule has 2 amide bonds. The molecule has 1 aliphatic heterocycles. The zero-order valence-corrected chi connectivity index (χ0v) is 12.5. The fourth-order valence-corrected chi connectivity index (χ4v) is 2.13. The molecule has 1 aromatic rings. The molecule has 1 unspecified atom stereocenters. The summed E-state index contributed by atoms with van der Waals surface area (Å²) in [5.74, 6) is -0.391. The summed E-state index contributed by atoms with van der Waals surface area (Å²) in [6, 6.07) is 6.36. The molecule has 0 saturated carbocycles. The fourth-order valence-electron chi connectivity index (χ4n) is 2.13. The number of carbonyl (C=O) groups is 2. The lowest BCUT2D eigenvalue weighted by Crippen LogP contribution is -2.56. The maximum absolute atomic E-state index is 12.7. The van der Waals surface area contributed by atoms with Gasteiger partial charge in [-0.2, -0.15) is 0 Å². The number of amides is 2. The van der Waals surface area contributed by atoms with Gasteiger partial charge in [-0.1, -0.05) is 32.9 Å².